The van der Waals surface area contributed by atoms with Gasteiger partial charge in [0.15, 0.2) is 8.32 Å². The summed E-state index contributed by atoms with van der Waals surface area (Å²) in [6.07, 6.45) is 1.89. The number of carbonyl (C=O) groups is 1. The first-order valence-electron chi connectivity index (χ1n) is 21.2. The number of benzene rings is 2. The van der Waals surface area contributed by atoms with E-state index in [1.807, 2.05) is 0 Å². The van der Waals surface area contributed by atoms with Gasteiger partial charge in [-0.25, -0.2) is 0 Å². The van der Waals surface area contributed by atoms with Gasteiger partial charge in [-0.2, -0.15) is 0 Å². The molecule has 1 spiro atoms. The number of carbonyl (C=O) groups excluding carboxylic acids is 1. The highest BCUT2D eigenvalue weighted by atomic mass is 28.4. The Morgan fingerprint density at radius 2 is 1.33 bits per heavy atom. The van der Waals surface area contributed by atoms with E-state index in [4.69, 9.17) is 18.0 Å². The first kappa shape index (κ1) is 45.9. The highest BCUT2D eigenvalue weighted by Crippen LogP contribution is 2.62. The summed E-state index contributed by atoms with van der Waals surface area (Å²) < 4.78 is 28.3. The predicted octanol–water partition coefficient (Wildman–Crippen LogP) is 10.9. The molecule has 0 radical (unpaired) electrons. The molecular weight excluding hydrogens is 729 g/mol. The van der Waals surface area contributed by atoms with Crippen LogP contribution in [0.3, 0.4) is 0 Å². The first-order valence-corrected chi connectivity index (χ1v) is 28.1. The second kappa shape index (κ2) is 17.2. The topological polar surface area (TPSA) is 57.3 Å². The van der Waals surface area contributed by atoms with E-state index in [1.165, 1.54) is 10.4 Å². The molecule has 1 aliphatic heterocycles. The van der Waals surface area contributed by atoms with Crippen LogP contribution < -0.4 is 10.4 Å². The van der Waals surface area contributed by atoms with E-state index in [0.717, 1.165) is 12.8 Å². The molecule has 1 heterocycles. The molecule has 2 fully saturated rings. The fourth-order valence-corrected chi connectivity index (χ4v) is 21.0. The van der Waals surface area contributed by atoms with Crippen molar-refractivity contribution in [3.63, 3.8) is 0 Å². The maximum Gasteiger partial charge on any atom is 0.261 e. The SMILES string of the molecule is CC(C)[Si](O[C@H]1C[C@@H](C)[C@](C)(CO[Si](C)(C)C(C)(C)C)C2(CO2)[C@@H]1C(=O)C#CCCCO[Si](c1ccccc1)(c1ccccc1)C(C)(C)C)(C(C)C)C(C)C. The molecule has 0 aromatic heterocycles. The molecule has 0 amide bonds. The second-order valence-corrected chi connectivity index (χ2v) is 35.0. The molecule has 1 aliphatic carbocycles. The van der Waals surface area contributed by atoms with E-state index < -0.39 is 36.5 Å². The van der Waals surface area contributed by atoms with Gasteiger partial charge in [0.2, 0.25) is 14.1 Å². The van der Waals surface area contributed by atoms with Crippen molar-refractivity contribution in [1.82, 2.24) is 0 Å². The molecule has 2 aromatic rings. The summed E-state index contributed by atoms with van der Waals surface area (Å²) >= 11 is 0. The molecule has 5 atom stereocenters. The molecule has 2 aromatic carbocycles. The monoisotopic (exact) mass is 805 g/mol. The number of unbranched alkanes of at least 4 members (excludes halogenated alkanes) is 1. The number of hydrogen-bond donors (Lipinski definition) is 0. The van der Waals surface area contributed by atoms with Crippen molar-refractivity contribution >= 4 is 41.1 Å². The second-order valence-electron chi connectivity index (χ2n) is 20.5. The number of hydrogen-bond acceptors (Lipinski definition) is 5. The lowest BCUT2D eigenvalue weighted by molar-refractivity contribution is -0.142. The molecule has 0 N–H and O–H groups in total. The minimum atomic E-state index is -2.64. The van der Waals surface area contributed by atoms with Gasteiger partial charge in [-0.1, -0.05) is 164 Å². The highest BCUT2D eigenvalue weighted by Gasteiger charge is 2.72. The quantitative estimate of drug-likeness (QED) is 0.0590. The van der Waals surface area contributed by atoms with Gasteiger partial charge in [0.05, 0.1) is 18.6 Å². The minimum Gasteiger partial charge on any atom is -0.416 e. The van der Waals surface area contributed by atoms with Crippen LogP contribution in [0.2, 0.25) is 39.8 Å². The van der Waals surface area contributed by atoms with E-state index in [-0.39, 0.29) is 33.3 Å². The van der Waals surface area contributed by atoms with Crippen molar-refractivity contribution in [2.75, 3.05) is 19.8 Å². The van der Waals surface area contributed by atoms with Crippen LogP contribution in [0.5, 0.6) is 0 Å². The summed E-state index contributed by atoms with van der Waals surface area (Å²) in [5.74, 6) is 6.26. The largest absolute Gasteiger partial charge is 0.416 e. The third kappa shape index (κ3) is 8.79. The molecule has 2 aliphatic rings. The average molecular weight is 805 g/mol. The molecule has 1 unspecified atom stereocenters. The van der Waals surface area contributed by atoms with Crippen LogP contribution >= 0.6 is 0 Å². The third-order valence-corrected chi connectivity index (χ3v) is 29.9. The Hall–Kier alpha value is -1.84. The normalized spacial score (nSPS) is 25.0. The number of ether oxygens (including phenoxy) is 1. The molecule has 4 rings (SSSR count). The Labute approximate surface area is 339 Å². The summed E-state index contributed by atoms with van der Waals surface area (Å²) in [5.41, 5.74) is 0.233. The van der Waals surface area contributed by atoms with Crippen LogP contribution in [-0.4, -0.2) is 62.3 Å². The predicted molar refractivity (Wildman–Crippen MR) is 239 cm³/mol. The Balaban J connectivity index is 1.63. The fraction of sp³-hybridized carbons (Fsp3) is 0.681. The highest BCUT2D eigenvalue weighted by molar-refractivity contribution is 6.99. The molecule has 1 saturated heterocycles. The summed E-state index contributed by atoms with van der Waals surface area (Å²) in [6, 6.07) is 21.5. The lowest BCUT2D eigenvalue weighted by atomic mass is 9.56. The maximum atomic E-state index is 14.7. The average Bonchev–Trinajstić information content (AvgIpc) is 3.89. The van der Waals surface area contributed by atoms with Gasteiger partial charge in [0.25, 0.3) is 8.32 Å². The lowest BCUT2D eigenvalue weighted by Crippen LogP contribution is -2.66. The van der Waals surface area contributed by atoms with Gasteiger partial charge in [-0.05, 0) is 74.8 Å². The third-order valence-electron chi connectivity index (χ3n) is 14.2. The molecular formula is C47H76O5Si3. The van der Waals surface area contributed by atoms with Gasteiger partial charge in [0.1, 0.15) is 5.60 Å². The zero-order valence-corrected chi connectivity index (χ0v) is 40.5. The van der Waals surface area contributed by atoms with Gasteiger partial charge in [0, 0.05) is 25.0 Å². The number of ketones is 1. The number of rotatable bonds is 15. The molecule has 55 heavy (non-hydrogen) atoms. The Morgan fingerprint density at radius 1 is 0.836 bits per heavy atom. The Bertz CT molecular complexity index is 1560. The van der Waals surface area contributed by atoms with Crippen LogP contribution in [0.15, 0.2) is 60.7 Å². The van der Waals surface area contributed by atoms with Crippen LogP contribution in [0.1, 0.15) is 116 Å². The van der Waals surface area contributed by atoms with Gasteiger partial charge < -0.3 is 18.0 Å². The summed E-state index contributed by atoms with van der Waals surface area (Å²) in [7, 11) is -7.01. The molecule has 8 heteroatoms. The van der Waals surface area contributed by atoms with E-state index in [2.05, 4.69) is 183 Å². The summed E-state index contributed by atoms with van der Waals surface area (Å²) in [5, 5.41) is 2.53. The molecule has 5 nitrogen and oxygen atoms in total. The first-order chi connectivity index (χ1) is 25.4. The molecule has 1 saturated carbocycles. The van der Waals surface area contributed by atoms with Crippen molar-refractivity contribution in [3.8, 4) is 11.8 Å². The van der Waals surface area contributed by atoms with Crippen molar-refractivity contribution in [1.29, 1.82) is 0 Å². The van der Waals surface area contributed by atoms with Gasteiger partial charge >= 0.3 is 0 Å². The van der Waals surface area contributed by atoms with Crippen molar-refractivity contribution in [2.45, 2.75) is 168 Å². The van der Waals surface area contributed by atoms with Crippen LogP contribution in [0, 0.1) is 29.1 Å². The zero-order chi connectivity index (χ0) is 41.3. The van der Waals surface area contributed by atoms with Crippen molar-refractivity contribution in [2.24, 2.45) is 17.3 Å². The van der Waals surface area contributed by atoms with Crippen molar-refractivity contribution in [3.05, 3.63) is 60.7 Å². The fourth-order valence-electron chi connectivity index (χ4n) is 9.76. The van der Waals surface area contributed by atoms with E-state index >= 15 is 0 Å². The Morgan fingerprint density at radius 3 is 1.75 bits per heavy atom. The Kier molecular flexibility index (Phi) is 14.3. The van der Waals surface area contributed by atoms with E-state index in [9.17, 15) is 4.79 Å². The molecule has 306 valence electrons. The summed E-state index contributed by atoms with van der Waals surface area (Å²) in [6.45, 7) is 38.7. The minimum absolute atomic E-state index is 0.0416. The summed E-state index contributed by atoms with van der Waals surface area (Å²) in [4.78, 5) is 14.7. The van der Waals surface area contributed by atoms with E-state index in [1.54, 1.807) is 0 Å². The lowest BCUT2D eigenvalue weighted by Gasteiger charge is -2.55. The van der Waals surface area contributed by atoms with Gasteiger partial charge in [-0.15, -0.1) is 0 Å². The zero-order valence-electron chi connectivity index (χ0n) is 37.5. The number of epoxide rings is 1. The smallest absolute Gasteiger partial charge is 0.261 e. The van der Waals surface area contributed by atoms with Gasteiger partial charge in [-0.3, -0.25) is 4.79 Å². The van der Waals surface area contributed by atoms with E-state index in [0.29, 0.717) is 42.9 Å². The molecule has 0 bridgehead atoms. The number of Topliss-reactive ketones (excluding diaryl/α,β-unsaturated/α-hetero) is 1. The van der Waals surface area contributed by atoms with Crippen molar-refractivity contribution < 1.29 is 22.8 Å². The van der Waals surface area contributed by atoms with Crippen LogP contribution in [0.4, 0.5) is 0 Å². The van der Waals surface area contributed by atoms with Crippen LogP contribution in [-0.2, 0) is 22.8 Å². The van der Waals surface area contributed by atoms with Crippen LogP contribution in [0.25, 0.3) is 0 Å². The standard InChI is InChI=1S/C47H76O5Si3/c1-35(2)54(36(3)4,37(5)6)52-42-32-38(7)46(14,33-51-53(15,16)44(8,9)10)47(34-49-47)43(42)41(48)30-24-19-25-31-50-55(45(11,12)13,39-26-20-17-21-27-39)40-28-22-18-23-29-40/h17-18,20-23,26-29,35-38,42-43H,19,25,31-34H2,1-16H3/t38-,42+,43-,46+,47?/m1/s1. The maximum absolute atomic E-state index is 14.7.